The summed E-state index contributed by atoms with van der Waals surface area (Å²) in [6.07, 6.45) is 3.43. The Morgan fingerprint density at radius 3 is 2.83 bits per heavy atom. The van der Waals surface area contributed by atoms with Crippen LogP contribution in [0, 0.1) is 0 Å². The SMILES string of the molecule is COCC(C)(O)c1cn(C)cn1. The Labute approximate surface area is 71.8 Å². The van der Waals surface area contributed by atoms with Crippen LogP contribution in [0.4, 0.5) is 0 Å². The summed E-state index contributed by atoms with van der Waals surface area (Å²) in [6.45, 7) is 1.93. The molecule has 12 heavy (non-hydrogen) atoms. The van der Waals surface area contributed by atoms with Gasteiger partial charge in [-0.05, 0) is 6.92 Å². The minimum atomic E-state index is -0.990. The summed E-state index contributed by atoms with van der Waals surface area (Å²) in [5.41, 5.74) is -0.359. The Bertz CT molecular complexity index is 255. The number of imidazole rings is 1. The van der Waals surface area contributed by atoms with Gasteiger partial charge in [-0.15, -0.1) is 0 Å². The highest BCUT2D eigenvalue weighted by Gasteiger charge is 2.25. The lowest BCUT2D eigenvalue weighted by molar-refractivity contribution is -0.0237. The van der Waals surface area contributed by atoms with Crippen LogP contribution in [0.15, 0.2) is 12.5 Å². The van der Waals surface area contributed by atoms with Crippen molar-refractivity contribution in [1.82, 2.24) is 9.55 Å². The van der Waals surface area contributed by atoms with Crippen molar-refractivity contribution in [2.45, 2.75) is 12.5 Å². The quantitative estimate of drug-likeness (QED) is 0.708. The molecule has 1 N–H and O–H groups in total. The van der Waals surface area contributed by atoms with Gasteiger partial charge in [0, 0.05) is 20.4 Å². The van der Waals surface area contributed by atoms with E-state index in [1.165, 1.54) is 0 Å². The third-order valence-electron chi connectivity index (χ3n) is 1.68. The second-order valence-electron chi connectivity index (χ2n) is 3.13. The van der Waals surface area contributed by atoms with Gasteiger partial charge in [0.05, 0.1) is 18.6 Å². The third-order valence-corrected chi connectivity index (χ3v) is 1.68. The summed E-state index contributed by atoms with van der Waals surface area (Å²) in [4.78, 5) is 4.04. The first-order chi connectivity index (χ1) is 5.56. The van der Waals surface area contributed by atoms with Gasteiger partial charge in [-0.1, -0.05) is 0 Å². The molecular weight excluding hydrogens is 156 g/mol. The molecule has 0 saturated heterocycles. The van der Waals surface area contributed by atoms with Crippen LogP contribution in [-0.4, -0.2) is 28.4 Å². The maximum atomic E-state index is 9.80. The first kappa shape index (κ1) is 9.22. The van der Waals surface area contributed by atoms with E-state index in [-0.39, 0.29) is 6.61 Å². The van der Waals surface area contributed by atoms with Crippen LogP contribution in [0.5, 0.6) is 0 Å². The van der Waals surface area contributed by atoms with E-state index in [0.29, 0.717) is 5.69 Å². The summed E-state index contributed by atoms with van der Waals surface area (Å²) in [6, 6.07) is 0. The molecule has 1 atom stereocenters. The predicted molar refractivity (Wildman–Crippen MR) is 44.7 cm³/mol. The highest BCUT2D eigenvalue weighted by molar-refractivity contribution is 5.07. The Hall–Kier alpha value is -0.870. The lowest BCUT2D eigenvalue weighted by Crippen LogP contribution is -2.27. The number of ether oxygens (including phenoxy) is 1. The fourth-order valence-electron chi connectivity index (χ4n) is 1.05. The third kappa shape index (κ3) is 1.84. The molecule has 1 rings (SSSR count). The summed E-state index contributed by atoms with van der Waals surface area (Å²) in [5.74, 6) is 0. The first-order valence-electron chi connectivity index (χ1n) is 3.76. The lowest BCUT2D eigenvalue weighted by atomic mass is 10.1. The molecule has 1 heterocycles. The maximum Gasteiger partial charge on any atom is 0.128 e. The van der Waals surface area contributed by atoms with Gasteiger partial charge in [-0.25, -0.2) is 4.98 Å². The molecule has 1 aromatic rings. The molecule has 0 saturated carbocycles. The van der Waals surface area contributed by atoms with Crippen LogP contribution in [0.2, 0.25) is 0 Å². The van der Waals surface area contributed by atoms with Gasteiger partial charge < -0.3 is 14.4 Å². The van der Waals surface area contributed by atoms with Crippen molar-refractivity contribution in [3.05, 3.63) is 18.2 Å². The molecule has 0 bridgehead atoms. The second-order valence-corrected chi connectivity index (χ2v) is 3.13. The average molecular weight is 170 g/mol. The number of nitrogens with zero attached hydrogens (tertiary/aromatic N) is 2. The predicted octanol–water partition coefficient (Wildman–Crippen LogP) is 0.274. The van der Waals surface area contributed by atoms with E-state index >= 15 is 0 Å². The van der Waals surface area contributed by atoms with Crippen LogP contribution in [0.1, 0.15) is 12.6 Å². The van der Waals surface area contributed by atoms with Crippen LogP contribution in [0.25, 0.3) is 0 Å². The Morgan fingerprint density at radius 1 is 1.75 bits per heavy atom. The lowest BCUT2D eigenvalue weighted by Gasteiger charge is -2.19. The Kier molecular flexibility index (Phi) is 2.49. The summed E-state index contributed by atoms with van der Waals surface area (Å²) in [5, 5.41) is 9.80. The van der Waals surface area contributed by atoms with E-state index in [2.05, 4.69) is 4.98 Å². The standard InChI is InChI=1S/C8H14N2O2/c1-8(11,5-12-3)7-4-10(2)6-9-7/h4,6,11H,5H2,1-3H3. The number of aryl methyl sites for hydroxylation is 1. The summed E-state index contributed by atoms with van der Waals surface area (Å²) >= 11 is 0. The summed E-state index contributed by atoms with van der Waals surface area (Å²) < 4.78 is 6.66. The molecule has 0 spiro atoms. The zero-order chi connectivity index (χ0) is 9.19. The van der Waals surface area contributed by atoms with E-state index in [9.17, 15) is 5.11 Å². The molecule has 0 fully saturated rings. The average Bonchev–Trinajstić information content (AvgIpc) is 2.36. The number of rotatable bonds is 3. The highest BCUT2D eigenvalue weighted by Crippen LogP contribution is 2.17. The van der Waals surface area contributed by atoms with Crippen LogP contribution in [0.3, 0.4) is 0 Å². The van der Waals surface area contributed by atoms with Crippen molar-refractivity contribution >= 4 is 0 Å². The topological polar surface area (TPSA) is 47.3 Å². The first-order valence-corrected chi connectivity index (χ1v) is 3.76. The van der Waals surface area contributed by atoms with Crippen molar-refractivity contribution in [2.24, 2.45) is 7.05 Å². The van der Waals surface area contributed by atoms with E-state index in [0.717, 1.165) is 0 Å². The van der Waals surface area contributed by atoms with Crippen LogP contribution in [-0.2, 0) is 17.4 Å². The van der Waals surface area contributed by atoms with E-state index in [1.807, 2.05) is 7.05 Å². The molecule has 0 radical (unpaired) electrons. The smallest absolute Gasteiger partial charge is 0.128 e. The van der Waals surface area contributed by atoms with Crippen LogP contribution < -0.4 is 0 Å². The Morgan fingerprint density at radius 2 is 2.42 bits per heavy atom. The van der Waals surface area contributed by atoms with Gasteiger partial charge in [-0.3, -0.25) is 0 Å². The van der Waals surface area contributed by atoms with Crippen molar-refractivity contribution in [3.63, 3.8) is 0 Å². The minimum absolute atomic E-state index is 0.254. The van der Waals surface area contributed by atoms with Gasteiger partial charge in [0.25, 0.3) is 0 Å². The zero-order valence-electron chi connectivity index (χ0n) is 7.61. The second kappa shape index (κ2) is 3.25. The van der Waals surface area contributed by atoms with Crippen molar-refractivity contribution in [1.29, 1.82) is 0 Å². The molecule has 1 unspecified atom stereocenters. The number of hydrogen-bond acceptors (Lipinski definition) is 3. The van der Waals surface area contributed by atoms with Gasteiger partial charge >= 0.3 is 0 Å². The molecule has 0 aliphatic rings. The zero-order valence-corrected chi connectivity index (χ0v) is 7.61. The normalized spacial score (nSPS) is 16.0. The van der Waals surface area contributed by atoms with E-state index in [4.69, 9.17) is 4.74 Å². The number of hydrogen-bond donors (Lipinski definition) is 1. The highest BCUT2D eigenvalue weighted by atomic mass is 16.5. The molecule has 1 aromatic heterocycles. The number of methoxy groups -OCH3 is 1. The molecule has 68 valence electrons. The van der Waals surface area contributed by atoms with Gasteiger partial charge in [0.1, 0.15) is 5.60 Å². The van der Waals surface area contributed by atoms with Crippen molar-refractivity contribution < 1.29 is 9.84 Å². The maximum absolute atomic E-state index is 9.80. The summed E-state index contributed by atoms with van der Waals surface area (Å²) in [7, 11) is 3.41. The van der Waals surface area contributed by atoms with Gasteiger partial charge in [0.15, 0.2) is 0 Å². The molecule has 0 aliphatic heterocycles. The largest absolute Gasteiger partial charge is 0.381 e. The Balaban J connectivity index is 2.81. The number of aliphatic hydroxyl groups is 1. The van der Waals surface area contributed by atoms with E-state index in [1.54, 1.807) is 31.1 Å². The van der Waals surface area contributed by atoms with E-state index < -0.39 is 5.60 Å². The minimum Gasteiger partial charge on any atom is -0.381 e. The number of aromatic nitrogens is 2. The monoisotopic (exact) mass is 170 g/mol. The van der Waals surface area contributed by atoms with Crippen molar-refractivity contribution in [3.8, 4) is 0 Å². The molecule has 4 nitrogen and oxygen atoms in total. The molecule has 0 amide bonds. The molecule has 4 heteroatoms. The van der Waals surface area contributed by atoms with Crippen molar-refractivity contribution in [2.75, 3.05) is 13.7 Å². The van der Waals surface area contributed by atoms with Gasteiger partial charge in [0.2, 0.25) is 0 Å². The molecule has 0 aliphatic carbocycles. The van der Waals surface area contributed by atoms with Gasteiger partial charge in [-0.2, -0.15) is 0 Å². The molecular formula is C8H14N2O2. The molecule has 0 aromatic carbocycles. The fourth-order valence-corrected chi connectivity index (χ4v) is 1.05. The van der Waals surface area contributed by atoms with Crippen LogP contribution >= 0.6 is 0 Å². The fraction of sp³-hybridized carbons (Fsp3) is 0.625.